The molecule has 1 aliphatic rings. The molecule has 1 fully saturated rings. The Balaban J connectivity index is 1.62. The first kappa shape index (κ1) is 19.2. The highest BCUT2D eigenvalue weighted by atomic mass is 35.5. The molecule has 1 unspecified atom stereocenters. The van der Waals surface area contributed by atoms with Gasteiger partial charge in [-0.05, 0) is 43.1 Å². The van der Waals surface area contributed by atoms with Crippen molar-refractivity contribution in [3.05, 3.63) is 51.8 Å². The highest BCUT2D eigenvalue weighted by Crippen LogP contribution is 2.29. The predicted octanol–water partition coefficient (Wildman–Crippen LogP) is 3.82. The van der Waals surface area contributed by atoms with Gasteiger partial charge in [-0.3, -0.25) is 9.48 Å². The molecule has 0 spiro atoms. The molecule has 0 saturated carbocycles. The van der Waals surface area contributed by atoms with Crippen LogP contribution >= 0.6 is 23.2 Å². The number of carbonyl (C=O) groups excluding carboxylic acids is 1. The summed E-state index contributed by atoms with van der Waals surface area (Å²) in [7, 11) is 0. The first-order valence-electron chi connectivity index (χ1n) is 8.86. The number of benzene rings is 1. The summed E-state index contributed by atoms with van der Waals surface area (Å²) in [5.41, 5.74) is 1.19. The zero-order valence-corrected chi connectivity index (χ0v) is 16.6. The van der Waals surface area contributed by atoms with Crippen LogP contribution in [0.3, 0.4) is 0 Å². The zero-order valence-electron chi connectivity index (χ0n) is 15.1. The molecule has 5 nitrogen and oxygen atoms in total. The van der Waals surface area contributed by atoms with E-state index in [1.807, 2.05) is 23.0 Å². The summed E-state index contributed by atoms with van der Waals surface area (Å²) in [6.07, 6.45) is 4.10. The van der Waals surface area contributed by atoms with E-state index in [9.17, 15) is 4.79 Å². The van der Waals surface area contributed by atoms with Crippen molar-refractivity contribution in [1.29, 1.82) is 0 Å². The van der Waals surface area contributed by atoms with Crippen molar-refractivity contribution in [3.63, 3.8) is 0 Å². The molecule has 3 rings (SSSR count). The minimum absolute atomic E-state index is 0.166. The van der Waals surface area contributed by atoms with Crippen molar-refractivity contribution < 1.29 is 4.79 Å². The van der Waals surface area contributed by atoms with E-state index in [-0.39, 0.29) is 11.3 Å². The van der Waals surface area contributed by atoms with Gasteiger partial charge in [0, 0.05) is 24.7 Å². The van der Waals surface area contributed by atoms with Gasteiger partial charge in [0.1, 0.15) is 5.69 Å². The Labute approximate surface area is 164 Å². The number of hydrogen-bond acceptors (Lipinski definition) is 3. The molecule has 0 aliphatic carbocycles. The van der Waals surface area contributed by atoms with E-state index in [1.165, 1.54) is 0 Å². The number of aromatic nitrogens is 2. The maximum atomic E-state index is 12.5. The highest BCUT2D eigenvalue weighted by Gasteiger charge is 2.24. The lowest BCUT2D eigenvalue weighted by molar-refractivity contribution is 0.0939. The number of amides is 1. The number of nitrogens with zero attached hydrogens (tertiary/aromatic N) is 2. The number of halogens is 2. The average Bonchev–Trinajstić information content (AvgIpc) is 3.13. The monoisotopic (exact) mass is 394 g/mol. The van der Waals surface area contributed by atoms with Crippen LogP contribution in [0.2, 0.25) is 10.0 Å². The molecule has 26 heavy (non-hydrogen) atoms. The number of rotatable bonds is 5. The smallest absolute Gasteiger partial charge is 0.271 e. The fourth-order valence-corrected chi connectivity index (χ4v) is 3.43. The topological polar surface area (TPSA) is 59.0 Å². The Morgan fingerprint density at radius 3 is 2.85 bits per heavy atom. The number of hydrogen-bond donors (Lipinski definition) is 2. The fourth-order valence-electron chi connectivity index (χ4n) is 3.13. The molecular weight excluding hydrogens is 371 g/mol. The minimum atomic E-state index is -0.278. The molecule has 1 aliphatic heterocycles. The molecule has 2 aromatic rings. The zero-order chi connectivity index (χ0) is 18.7. The van der Waals surface area contributed by atoms with E-state index in [1.54, 1.807) is 12.1 Å². The molecule has 7 heteroatoms. The molecule has 1 aromatic heterocycles. The SMILES string of the molecule is CC(C)(CNC(=O)c1ccn(C2CCCNC2)n1)c1ccc(Cl)c(Cl)c1. The molecule has 0 bridgehead atoms. The summed E-state index contributed by atoms with van der Waals surface area (Å²) in [5, 5.41) is 11.8. The van der Waals surface area contributed by atoms with Crippen molar-refractivity contribution in [2.24, 2.45) is 0 Å². The molecule has 2 heterocycles. The molecule has 2 N–H and O–H groups in total. The molecule has 0 radical (unpaired) electrons. The summed E-state index contributed by atoms with van der Waals surface area (Å²) >= 11 is 12.1. The van der Waals surface area contributed by atoms with Gasteiger partial charge in [-0.25, -0.2) is 0 Å². The Morgan fingerprint density at radius 1 is 1.35 bits per heavy atom. The number of piperidine rings is 1. The largest absolute Gasteiger partial charge is 0.350 e. The van der Waals surface area contributed by atoms with E-state index in [2.05, 4.69) is 29.6 Å². The van der Waals surface area contributed by atoms with Gasteiger partial charge in [0.2, 0.25) is 0 Å². The van der Waals surface area contributed by atoms with Gasteiger partial charge in [0.05, 0.1) is 16.1 Å². The maximum Gasteiger partial charge on any atom is 0.271 e. The lowest BCUT2D eigenvalue weighted by atomic mass is 9.84. The third-order valence-corrected chi connectivity index (χ3v) is 5.62. The van der Waals surface area contributed by atoms with Crippen LogP contribution < -0.4 is 10.6 Å². The Morgan fingerprint density at radius 2 is 2.15 bits per heavy atom. The van der Waals surface area contributed by atoms with Crippen molar-refractivity contribution >= 4 is 29.1 Å². The minimum Gasteiger partial charge on any atom is -0.350 e. The van der Waals surface area contributed by atoms with Crippen LogP contribution in [0.25, 0.3) is 0 Å². The van der Waals surface area contributed by atoms with Crippen LogP contribution in [0.4, 0.5) is 0 Å². The van der Waals surface area contributed by atoms with Crippen LogP contribution in [0, 0.1) is 0 Å². The van der Waals surface area contributed by atoms with Crippen LogP contribution in [0.15, 0.2) is 30.5 Å². The predicted molar refractivity (Wildman–Crippen MR) is 105 cm³/mol. The average molecular weight is 395 g/mol. The van der Waals surface area contributed by atoms with Crippen LogP contribution in [0.1, 0.15) is 48.8 Å². The fraction of sp³-hybridized carbons (Fsp3) is 0.474. The molecule has 1 aromatic carbocycles. The van der Waals surface area contributed by atoms with Crippen molar-refractivity contribution in [2.45, 2.75) is 38.1 Å². The lowest BCUT2D eigenvalue weighted by Gasteiger charge is -2.26. The molecule has 1 saturated heterocycles. The molecular formula is C19H24Cl2N4O. The summed E-state index contributed by atoms with van der Waals surface area (Å²) in [4.78, 5) is 12.5. The van der Waals surface area contributed by atoms with E-state index < -0.39 is 0 Å². The van der Waals surface area contributed by atoms with E-state index >= 15 is 0 Å². The van der Waals surface area contributed by atoms with Gasteiger partial charge in [0.25, 0.3) is 5.91 Å². The third-order valence-electron chi connectivity index (χ3n) is 4.88. The first-order valence-corrected chi connectivity index (χ1v) is 9.62. The molecule has 1 atom stereocenters. The summed E-state index contributed by atoms with van der Waals surface area (Å²) < 4.78 is 1.89. The lowest BCUT2D eigenvalue weighted by Crippen LogP contribution is -2.37. The Kier molecular flexibility index (Phi) is 5.90. The van der Waals surface area contributed by atoms with Crippen molar-refractivity contribution in [2.75, 3.05) is 19.6 Å². The Hall–Kier alpha value is -1.56. The van der Waals surface area contributed by atoms with Gasteiger partial charge in [-0.2, -0.15) is 5.10 Å². The third kappa shape index (κ3) is 4.40. The van der Waals surface area contributed by atoms with E-state index in [0.717, 1.165) is 31.5 Å². The van der Waals surface area contributed by atoms with Crippen molar-refractivity contribution in [3.8, 4) is 0 Å². The van der Waals surface area contributed by atoms with Gasteiger partial charge in [-0.1, -0.05) is 43.1 Å². The Bertz CT molecular complexity index is 782. The van der Waals surface area contributed by atoms with Crippen LogP contribution in [-0.4, -0.2) is 35.3 Å². The first-order chi connectivity index (χ1) is 12.4. The molecule has 140 valence electrons. The standard InChI is InChI=1S/C19H24Cl2N4O/c1-19(2,13-5-6-15(20)16(21)10-13)12-23-18(26)17-7-9-25(24-17)14-4-3-8-22-11-14/h5-7,9-10,14,22H,3-4,8,11-12H2,1-2H3,(H,23,26). The highest BCUT2D eigenvalue weighted by molar-refractivity contribution is 6.42. The van der Waals surface area contributed by atoms with Gasteiger partial charge in [0.15, 0.2) is 0 Å². The quantitative estimate of drug-likeness (QED) is 0.809. The summed E-state index contributed by atoms with van der Waals surface area (Å²) in [6, 6.07) is 7.66. The van der Waals surface area contributed by atoms with Crippen LogP contribution in [0.5, 0.6) is 0 Å². The van der Waals surface area contributed by atoms with Gasteiger partial charge < -0.3 is 10.6 Å². The number of nitrogens with one attached hydrogen (secondary N) is 2. The number of carbonyl (C=O) groups is 1. The van der Waals surface area contributed by atoms with E-state index in [4.69, 9.17) is 23.2 Å². The van der Waals surface area contributed by atoms with Crippen LogP contribution in [-0.2, 0) is 5.41 Å². The van der Waals surface area contributed by atoms with Gasteiger partial charge >= 0.3 is 0 Å². The second kappa shape index (κ2) is 7.99. The molecule has 1 amide bonds. The van der Waals surface area contributed by atoms with Crippen molar-refractivity contribution in [1.82, 2.24) is 20.4 Å². The maximum absolute atomic E-state index is 12.5. The second-order valence-electron chi connectivity index (χ2n) is 7.38. The van der Waals surface area contributed by atoms with E-state index in [0.29, 0.717) is 28.3 Å². The normalized spacial score (nSPS) is 17.9. The summed E-state index contributed by atoms with van der Waals surface area (Å²) in [5.74, 6) is -0.166. The second-order valence-corrected chi connectivity index (χ2v) is 8.19. The summed E-state index contributed by atoms with van der Waals surface area (Å²) in [6.45, 7) is 6.53. The van der Waals surface area contributed by atoms with Gasteiger partial charge in [-0.15, -0.1) is 0 Å².